The number of rotatable bonds is 5. The number of hydrogen-bond donors (Lipinski definition) is 2. The molecule has 0 saturated heterocycles. The zero-order chi connectivity index (χ0) is 14.7. The third kappa shape index (κ3) is 3.49. The largest absolute Gasteiger partial charge is 0.361 e. The summed E-state index contributed by atoms with van der Waals surface area (Å²) in [6, 6.07) is 14.5. The van der Waals surface area contributed by atoms with Crippen LogP contribution in [0.2, 0.25) is 5.02 Å². The quantitative estimate of drug-likeness (QED) is 0.619. The fourth-order valence-electron chi connectivity index (χ4n) is 2.44. The van der Waals surface area contributed by atoms with Crippen LogP contribution in [0.5, 0.6) is 0 Å². The van der Waals surface area contributed by atoms with E-state index in [0.717, 1.165) is 29.0 Å². The lowest BCUT2D eigenvalue weighted by Crippen LogP contribution is -2.16. The second kappa shape index (κ2) is 6.65. The topological polar surface area (TPSA) is 27.8 Å². The molecular weight excluding hydrogens is 348 g/mol. The summed E-state index contributed by atoms with van der Waals surface area (Å²) in [5, 5.41) is 5.53. The highest BCUT2D eigenvalue weighted by Crippen LogP contribution is 2.23. The van der Waals surface area contributed by atoms with Crippen LogP contribution in [0, 0.1) is 0 Å². The van der Waals surface area contributed by atoms with E-state index >= 15 is 0 Å². The van der Waals surface area contributed by atoms with Crippen LogP contribution in [0.3, 0.4) is 0 Å². The van der Waals surface area contributed by atoms with Gasteiger partial charge in [-0.05, 0) is 58.2 Å². The van der Waals surface area contributed by atoms with Crippen LogP contribution < -0.4 is 5.32 Å². The van der Waals surface area contributed by atoms with Gasteiger partial charge in [0, 0.05) is 28.1 Å². The lowest BCUT2D eigenvalue weighted by molar-refractivity contribution is 0.688. The van der Waals surface area contributed by atoms with Crippen molar-refractivity contribution in [3.63, 3.8) is 0 Å². The van der Waals surface area contributed by atoms with E-state index in [-0.39, 0.29) is 0 Å². The summed E-state index contributed by atoms with van der Waals surface area (Å²) in [4.78, 5) is 3.31. The van der Waals surface area contributed by atoms with E-state index in [1.807, 2.05) is 12.1 Å². The van der Waals surface area contributed by atoms with Crippen molar-refractivity contribution in [3.05, 3.63) is 69.3 Å². The molecule has 3 rings (SSSR count). The van der Waals surface area contributed by atoms with Gasteiger partial charge in [-0.2, -0.15) is 0 Å². The molecule has 0 bridgehead atoms. The molecular formula is C17H16BrClN2. The summed E-state index contributed by atoms with van der Waals surface area (Å²) in [7, 11) is 0. The molecule has 0 unspecified atom stereocenters. The van der Waals surface area contributed by atoms with Crippen molar-refractivity contribution >= 4 is 38.4 Å². The van der Waals surface area contributed by atoms with Crippen LogP contribution in [0.1, 0.15) is 11.1 Å². The van der Waals surface area contributed by atoms with Crippen molar-refractivity contribution in [2.75, 3.05) is 6.54 Å². The minimum absolute atomic E-state index is 0.755. The molecule has 0 atom stereocenters. The normalized spacial score (nSPS) is 11.1. The highest BCUT2D eigenvalue weighted by molar-refractivity contribution is 9.10. The van der Waals surface area contributed by atoms with Crippen molar-refractivity contribution in [1.29, 1.82) is 0 Å². The van der Waals surface area contributed by atoms with E-state index in [2.05, 4.69) is 62.8 Å². The van der Waals surface area contributed by atoms with E-state index in [4.69, 9.17) is 11.6 Å². The Hall–Kier alpha value is -1.29. The van der Waals surface area contributed by atoms with Gasteiger partial charge in [0.2, 0.25) is 0 Å². The van der Waals surface area contributed by atoms with E-state index in [1.165, 1.54) is 22.0 Å². The zero-order valence-corrected chi connectivity index (χ0v) is 13.8. The molecule has 0 amide bonds. The van der Waals surface area contributed by atoms with Gasteiger partial charge in [0.1, 0.15) is 0 Å². The highest BCUT2D eigenvalue weighted by Gasteiger charge is 2.03. The number of H-pyrrole nitrogens is 1. The Morgan fingerprint density at radius 3 is 2.86 bits per heavy atom. The molecule has 2 nitrogen and oxygen atoms in total. The smallest absolute Gasteiger partial charge is 0.0551 e. The van der Waals surface area contributed by atoms with Crippen molar-refractivity contribution < 1.29 is 0 Å². The summed E-state index contributed by atoms with van der Waals surface area (Å²) in [6.07, 6.45) is 3.11. The van der Waals surface area contributed by atoms with Gasteiger partial charge in [-0.1, -0.05) is 35.9 Å². The Kier molecular flexibility index (Phi) is 4.63. The Labute approximate surface area is 137 Å². The number of halogens is 2. The number of fused-ring (bicyclic) bond motifs is 1. The van der Waals surface area contributed by atoms with Crippen LogP contribution in [-0.2, 0) is 13.0 Å². The van der Waals surface area contributed by atoms with Crippen LogP contribution in [0.4, 0.5) is 0 Å². The molecule has 3 aromatic rings. The molecule has 1 heterocycles. The van der Waals surface area contributed by atoms with Gasteiger partial charge in [-0.25, -0.2) is 0 Å². The SMILES string of the molecule is Clc1cc(CNCCc2c[nH]c3ccccc23)ccc1Br. The lowest BCUT2D eigenvalue weighted by atomic mass is 10.1. The first kappa shape index (κ1) is 14.6. The molecule has 2 N–H and O–H groups in total. The molecule has 108 valence electrons. The Bertz CT molecular complexity index is 751. The van der Waals surface area contributed by atoms with Crippen LogP contribution in [-0.4, -0.2) is 11.5 Å². The van der Waals surface area contributed by atoms with E-state index < -0.39 is 0 Å². The van der Waals surface area contributed by atoms with Gasteiger partial charge in [0.15, 0.2) is 0 Å². The van der Waals surface area contributed by atoms with E-state index in [9.17, 15) is 0 Å². The van der Waals surface area contributed by atoms with Gasteiger partial charge < -0.3 is 10.3 Å². The third-order valence-electron chi connectivity index (χ3n) is 3.56. The Balaban J connectivity index is 1.55. The number of benzene rings is 2. The average Bonchev–Trinajstić information content (AvgIpc) is 2.91. The van der Waals surface area contributed by atoms with Gasteiger partial charge in [-0.3, -0.25) is 0 Å². The van der Waals surface area contributed by atoms with Crippen molar-refractivity contribution in [2.24, 2.45) is 0 Å². The molecule has 21 heavy (non-hydrogen) atoms. The summed E-state index contributed by atoms with van der Waals surface area (Å²) >= 11 is 9.50. The number of aromatic nitrogens is 1. The van der Waals surface area contributed by atoms with Crippen LogP contribution in [0.15, 0.2) is 53.1 Å². The summed E-state index contributed by atoms with van der Waals surface area (Å²) in [5.41, 5.74) is 3.75. The maximum absolute atomic E-state index is 6.09. The first-order valence-electron chi connectivity index (χ1n) is 6.93. The molecule has 0 aliphatic carbocycles. The standard InChI is InChI=1S/C17H16BrClN2/c18-15-6-5-12(9-16(15)19)10-20-8-7-13-11-21-17-4-2-1-3-14(13)17/h1-6,9,11,20-21H,7-8,10H2. The molecule has 0 spiro atoms. The molecule has 1 aromatic heterocycles. The van der Waals surface area contributed by atoms with Gasteiger partial charge in [-0.15, -0.1) is 0 Å². The molecule has 0 aliphatic heterocycles. The Morgan fingerprint density at radius 1 is 1.14 bits per heavy atom. The monoisotopic (exact) mass is 362 g/mol. The molecule has 0 radical (unpaired) electrons. The fourth-order valence-corrected chi connectivity index (χ4v) is 2.89. The third-order valence-corrected chi connectivity index (χ3v) is 4.79. The average molecular weight is 364 g/mol. The van der Waals surface area contributed by atoms with Crippen molar-refractivity contribution in [1.82, 2.24) is 10.3 Å². The fraction of sp³-hybridized carbons (Fsp3) is 0.176. The van der Waals surface area contributed by atoms with E-state index in [0.29, 0.717) is 0 Å². The molecule has 0 saturated carbocycles. The number of para-hydroxylation sites is 1. The summed E-state index contributed by atoms with van der Waals surface area (Å²) in [5.74, 6) is 0. The maximum Gasteiger partial charge on any atom is 0.0551 e. The zero-order valence-electron chi connectivity index (χ0n) is 11.5. The second-order valence-corrected chi connectivity index (χ2v) is 6.30. The highest BCUT2D eigenvalue weighted by atomic mass is 79.9. The molecule has 0 fully saturated rings. The lowest BCUT2D eigenvalue weighted by Gasteiger charge is -2.06. The minimum atomic E-state index is 0.755. The molecule has 0 aliphatic rings. The number of aromatic amines is 1. The van der Waals surface area contributed by atoms with Crippen molar-refractivity contribution in [2.45, 2.75) is 13.0 Å². The van der Waals surface area contributed by atoms with Crippen LogP contribution >= 0.6 is 27.5 Å². The maximum atomic E-state index is 6.09. The minimum Gasteiger partial charge on any atom is -0.361 e. The number of nitrogens with one attached hydrogen (secondary N) is 2. The first-order chi connectivity index (χ1) is 10.2. The summed E-state index contributed by atoms with van der Waals surface area (Å²) < 4.78 is 0.937. The Morgan fingerprint density at radius 2 is 2.00 bits per heavy atom. The molecule has 4 heteroatoms. The van der Waals surface area contributed by atoms with Crippen LogP contribution in [0.25, 0.3) is 10.9 Å². The van der Waals surface area contributed by atoms with Gasteiger partial charge in [0.25, 0.3) is 0 Å². The first-order valence-corrected chi connectivity index (χ1v) is 8.11. The van der Waals surface area contributed by atoms with Crippen molar-refractivity contribution in [3.8, 4) is 0 Å². The van der Waals surface area contributed by atoms with Gasteiger partial charge >= 0.3 is 0 Å². The second-order valence-electron chi connectivity index (χ2n) is 5.03. The predicted molar refractivity (Wildman–Crippen MR) is 92.9 cm³/mol. The molecule has 2 aromatic carbocycles. The summed E-state index contributed by atoms with van der Waals surface area (Å²) in [6.45, 7) is 1.77. The van der Waals surface area contributed by atoms with E-state index in [1.54, 1.807) is 0 Å². The van der Waals surface area contributed by atoms with Gasteiger partial charge in [0.05, 0.1) is 5.02 Å². The predicted octanol–water partition coefficient (Wildman–Crippen LogP) is 4.92. The number of hydrogen-bond acceptors (Lipinski definition) is 1.